The standard InChI is InChI=1S/C12H16N2O4S/c1-2-18-13-19(16,17)11-7-5-10(6-8-11)14-9-3-4-12(14)15/h5-8,13H,2-4,9H2,1H3. The lowest BCUT2D eigenvalue weighted by atomic mass is 10.3. The minimum Gasteiger partial charge on any atom is -0.312 e. The number of benzene rings is 1. The molecular weight excluding hydrogens is 268 g/mol. The van der Waals surface area contributed by atoms with Crippen molar-refractivity contribution >= 4 is 21.6 Å². The minimum absolute atomic E-state index is 0.0723. The Morgan fingerprint density at radius 1 is 1.32 bits per heavy atom. The van der Waals surface area contributed by atoms with Crippen molar-refractivity contribution < 1.29 is 18.0 Å². The van der Waals surface area contributed by atoms with Crippen LogP contribution in [0, 0.1) is 0 Å². The fourth-order valence-corrected chi connectivity index (χ4v) is 2.77. The molecular formula is C12H16N2O4S. The van der Waals surface area contributed by atoms with E-state index in [0.29, 0.717) is 13.0 Å². The second-order valence-corrected chi connectivity index (χ2v) is 5.81. The molecule has 0 radical (unpaired) electrons. The molecule has 0 bridgehead atoms. The van der Waals surface area contributed by atoms with E-state index >= 15 is 0 Å². The number of carbonyl (C=O) groups excluding carboxylic acids is 1. The van der Waals surface area contributed by atoms with E-state index in [-0.39, 0.29) is 17.4 Å². The maximum absolute atomic E-state index is 11.8. The summed E-state index contributed by atoms with van der Waals surface area (Å²) in [5.41, 5.74) is 0.720. The third kappa shape index (κ3) is 3.12. The lowest BCUT2D eigenvalue weighted by Gasteiger charge is -2.15. The van der Waals surface area contributed by atoms with Gasteiger partial charge in [0.15, 0.2) is 0 Å². The number of nitrogens with zero attached hydrogens (tertiary/aromatic N) is 1. The van der Waals surface area contributed by atoms with Crippen LogP contribution in [0.25, 0.3) is 0 Å². The lowest BCUT2D eigenvalue weighted by molar-refractivity contribution is -0.117. The number of hydrogen-bond donors (Lipinski definition) is 1. The lowest BCUT2D eigenvalue weighted by Crippen LogP contribution is -2.25. The maximum Gasteiger partial charge on any atom is 0.262 e. The number of sulfonamides is 1. The molecule has 7 heteroatoms. The van der Waals surface area contributed by atoms with Gasteiger partial charge in [-0.3, -0.25) is 9.63 Å². The molecule has 0 aromatic heterocycles. The first-order valence-corrected chi connectivity index (χ1v) is 7.57. The van der Waals surface area contributed by atoms with Crippen LogP contribution in [0.3, 0.4) is 0 Å². The van der Waals surface area contributed by atoms with Crippen LogP contribution in [0.4, 0.5) is 5.69 Å². The maximum atomic E-state index is 11.8. The summed E-state index contributed by atoms with van der Waals surface area (Å²) in [6.07, 6.45) is 1.39. The number of amides is 1. The van der Waals surface area contributed by atoms with Crippen LogP contribution in [-0.2, 0) is 19.7 Å². The first-order chi connectivity index (χ1) is 9.04. The summed E-state index contributed by atoms with van der Waals surface area (Å²) in [4.78, 5) is 20.1. The van der Waals surface area contributed by atoms with E-state index in [1.165, 1.54) is 12.1 Å². The van der Waals surface area contributed by atoms with Crippen LogP contribution in [0.15, 0.2) is 29.2 Å². The molecule has 0 aliphatic carbocycles. The second kappa shape index (κ2) is 5.68. The highest BCUT2D eigenvalue weighted by atomic mass is 32.2. The number of rotatable bonds is 5. The zero-order chi connectivity index (χ0) is 13.9. The van der Waals surface area contributed by atoms with Crippen molar-refractivity contribution in [1.29, 1.82) is 0 Å². The summed E-state index contributed by atoms with van der Waals surface area (Å²) in [5, 5.41) is 0. The van der Waals surface area contributed by atoms with E-state index in [1.807, 2.05) is 4.89 Å². The Kier molecular flexibility index (Phi) is 4.18. The van der Waals surface area contributed by atoms with Crippen LogP contribution in [-0.4, -0.2) is 27.5 Å². The Morgan fingerprint density at radius 3 is 2.53 bits per heavy atom. The molecule has 1 aromatic carbocycles. The average Bonchev–Trinajstić information content (AvgIpc) is 2.83. The van der Waals surface area contributed by atoms with Gasteiger partial charge in [-0.15, -0.1) is 0 Å². The van der Waals surface area contributed by atoms with Gasteiger partial charge in [-0.1, -0.05) is 4.89 Å². The molecule has 1 aromatic rings. The molecule has 104 valence electrons. The first kappa shape index (κ1) is 14.0. The van der Waals surface area contributed by atoms with Gasteiger partial charge in [-0.25, -0.2) is 8.42 Å². The molecule has 1 amide bonds. The SMILES string of the molecule is CCONS(=O)(=O)c1ccc(N2CCCC2=O)cc1. The largest absolute Gasteiger partial charge is 0.312 e. The minimum atomic E-state index is -3.65. The van der Waals surface area contributed by atoms with Gasteiger partial charge in [-0.05, 0) is 37.6 Å². The predicted octanol–water partition coefficient (Wildman–Crippen LogP) is 1.04. The van der Waals surface area contributed by atoms with Gasteiger partial charge in [-0.2, -0.15) is 0 Å². The fraction of sp³-hybridized carbons (Fsp3) is 0.417. The molecule has 0 unspecified atom stereocenters. The number of nitrogens with one attached hydrogen (secondary N) is 1. The Balaban J connectivity index is 2.16. The van der Waals surface area contributed by atoms with E-state index in [1.54, 1.807) is 24.0 Å². The quantitative estimate of drug-likeness (QED) is 0.820. The molecule has 1 saturated heterocycles. The summed E-state index contributed by atoms with van der Waals surface area (Å²) in [6.45, 7) is 2.62. The van der Waals surface area contributed by atoms with Crippen molar-refractivity contribution in [2.75, 3.05) is 18.1 Å². The van der Waals surface area contributed by atoms with Crippen LogP contribution < -0.4 is 9.79 Å². The molecule has 1 heterocycles. The molecule has 1 fully saturated rings. The van der Waals surface area contributed by atoms with Gasteiger partial charge in [0, 0.05) is 18.7 Å². The molecule has 0 atom stereocenters. The van der Waals surface area contributed by atoms with Crippen molar-refractivity contribution in [3.8, 4) is 0 Å². The molecule has 19 heavy (non-hydrogen) atoms. The Bertz CT molecular complexity index is 554. The molecule has 0 saturated carbocycles. The van der Waals surface area contributed by atoms with Crippen LogP contribution in [0.1, 0.15) is 19.8 Å². The number of hydrogen-bond acceptors (Lipinski definition) is 4. The van der Waals surface area contributed by atoms with E-state index in [2.05, 4.69) is 0 Å². The molecule has 6 nitrogen and oxygen atoms in total. The topological polar surface area (TPSA) is 75.7 Å². The highest BCUT2D eigenvalue weighted by molar-refractivity contribution is 7.89. The van der Waals surface area contributed by atoms with Gasteiger partial charge in [0.25, 0.3) is 10.0 Å². The Labute approximate surface area is 112 Å². The van der Waals surface area contributed by atoms with Gasteiger partial charge in [0.2, 0.25) is 5.91 Å². The smallest absolute Gasteiger partial charge is 0.262 e. The molecule has 1 aliphatic rings. The van der Waals surface area contributed by atoms with E-state index < -0.39 is 10.0 Å². The highest BCUT2D eigenvalue weighted by Gasteiger charge is 2.22. The summed E-state index contributed by atoms with van der Waals surface area (Å²) in [5.74, 6) is 0.0723. The summed E-state index contributed by atoms with van der Waals surface area (Å²) in [7, 11) is -3.65. The van der Waals surface area contributed by atoms with Crippen molar-refractivity contribution in [3.63, 3.8) is 0 Å². The Morgan fingerprint density at radius 2 is 2.00 bits per heavy atom. The monoisotopic (exact) mass is 284 g/mol. The first-order valence-electron chi connectivity index (χ1n) is 6.08. The van der Waals surface area contributed by atoms with Crippen LogP contribution in [0.5, 0.6) is 0 Å². The van der Waals surface area contributed by atoms with E-state index in [4.69, 9.17) is 4.84 Å². The van der Waals surface area contributed by atoms with Crippen molar-refractivity contribution in [1.82, 2.24) is 4.89 Å². The highest BCUT2D eigenvalue weighted by Crippen LogP contribution is 2.22. The molecule has 2 rings (SSSR count). The fourth-order valence-electron chi connectivity index (χ4n) is 1.91. The average molecular weight is 284 g/mol. The van der Waals surface area contributed by atoms with Crippen molar-refractivity contribution in [3.05, 3.63) is 24.3 Å². The normalized spacial score (nSPS) is 16.1. The molecule has 1 N–H and O–H groups in total. The van der Waals surface area contributed by atoms with Gasteiger partial charge in [0.1, 0.15) is 0 Å². The zero-order valence-electron chi connectivity index (χ0n) is 10.6. The second-order valence-electron chi connectivity index (χ2n) is 4.16. The summed E-state index contributed by atoms with van der Waals surface area (Å²) in [6, 6.07) is 6.18. The number of anilines is 1. The van der Waals surface area contributed by atoms with E-state index in [9.17, 15) is 13.2 Å². The third-order valence-corrected chi connectivity index (χ3v) is 4.08. The third-order valence-electron chi connectivity index (χ3n) is 2.85. The van der Waals surface area contributed by atoms with Crippen LogP contribution >= 0.6 is 0 Å². The van der Waals surface area contributed by atoms with Crippen molar-refractivity contribution in [2.45, 2.75) is 24.7 Å². The summed E-state index contributed by atoms with van der Waals surface area (Å²) < 4.78 is 23.5. The summed E-state index contributed by atoms with van der Waals surface area (Å²) >= 11 is 0. The Hall–Kier alpha value is -1.44. The van der Waals surface area contributed by atoms with E-state index in [0.717, 1.165) is 12.1 Å². The van der Waals surface area contributed by atoms with Gasteiger partial charge < -0.3 is 4.90 Å². The predicted molar refractivity (Wildman–Crippen MR) is 70.0 cm³/mol. The molecule has 1 aliphatic heterocycles. The van der Waals surface area contributed by atoms with Crippen molar-refractivity contribution in [2.24, 2.45) is 0 Å². The van der Waals surface area contributed by atoms with Gasteiger partial charge in [0.05, 0.1) is 11.5 Å². The zero-order valence-corrected chi connectivity index (χ0v) is 11.4. The van der Waals surface area contributed by atoms with Crippen LogP contribution in [0.2, 0.25) is 0 Å². The van der Waals surface area contributed by atoms with Gasteiger partial charge >= 0.3 is 0 Å². The number of carbonyl (C=O) groups is 1. The molecule has 0 spiro atoms.